The lowest BCUT2D eigenvalue weighted by molar-refractivity contribution is -0.129. The largest absolute Gasteiger partial charge is 0.342 e. The molecule has 1 aromatic carbocycles. The van der Waals surface area contributed by atoms with Crippen LogP contribution in [0.5, 0.6) is 0 Å². The zero-order valence-corrected chi connectivity index (χ0v) is 14.2. The molecule has 0 unspecified atom stereocenters. The molecule has 0 spiro atoms. The van der Waals surface area contributed by atoms with Crippen molar-refractivity contribution in [3.63, 3.8) is 0 Å². The van der Waals surface area contributed by atoms with Gasteiger partial charge in [-0.1, -0.05) is 18.2 Å². The van der Waals surface area contributed by atoms with Gasteiger partial charge in [0.15, 0.2) is 5.69 Å². The molecule has 2 amide bonds. The van der Waals surface area contributed by atoms with Gasteiger partial charge in [-0.3, -0.25) is 9.59 Å². The van der Waals surface area contributed by atoms with Gasteiger partial charge >= 0.3 is 0 Å². The fourth-order valence-electron chi connectivity index (χ4n) is 3.72. The van der Waals surface area contributed by atoms with E-state index < -0.39 is 0 Å². The van der Waals surface area contributed by atoms with Crippen molar-refractivity contribution in [2.45, 2.75) is 32.1 Å². The third-order valence-electron chi connectivity index (χ3n) is 5.00. The number of carbonyl (C=O) groups excluding carboxylic acids is 2. The summed E-state index contributed by atoms with van der Waals surface area (Å²) >= 11 is 0. The number of benzene rings is 1. The van der Waals surface area contributed by atoms with Crippen LogP contribution in [-0.4, -0.2) is 46.1 Å². The first kappa shape index (κ1) is 15.9. The number of hydrogen-bond acceptors (Lipinski definition) is 3. The molecule has 2 aromatic rings. The molecule has 1 N–H and O–H groups in total. The van der Waals surface area contributed by atoms with Gasteiger partial charge in [-0.15, -0.1) is 0 Å². The molecule has 0 radical (unpaired) electrons. The Labute approximate surface area is 146 Å². The van der Waals surface area contributed by atoms with Crippen LogP contribution < -0.4 is 5.32 Å². The Morgan fingerprint density at radius 2 is 1.80 bits per heavy atom. The second kappa shape index (κ2) is 6.70. The first-order chi connectivity index (χ1) is 12.2. The second-order valence-corrected chi connectivity index (χ2v) is 6.65. The summed E-state index contributed by atoms with van der Waals surface area (Å²) in [5, 5.41) is 7.32. The van der Waals surface area contributed by atoms with E-state index >= 15 is 0 Å². The lowest BCUT2D eigenvalue weighted by Crippen LogP contribution is -2.39. The van der Waals surface area contributed by atoms with Crippen molar-refractivity contribution in [2.75, 3.05) is 19.6 Å². The average Bonchev–Trinajstić information content (AvgIpc) is 3.37. The summed E-state index contributed by atoms with van der Waals surface area (Å²) in [6.45, 7) is 1.64. The highest BCUT2D eigenvalue weighted by Crippen LogP contribution is 2.27. The van der Waals surface area contributed by atoms with E-state index in [0.29, 0.717) is 5.69 Å². The van der Waals surface area contributed by atoms with Gasteiger partial charge in [0.1, 0.15) is 0 Å². The SMILES string of the molecule is O=C(NCC(=O)N1CCCC1)c1nn(-c2ccccc2)c2c1CCC2. The molecule has 0 bridgehead atoms. The van der Waals surface area contributed by atoms with Gasteiger partial charge in [-0.25, -0.2) is 4.68 Å². The fraction of sp³-hybridized carbons (Fsp3) is 0.421. The number of hydrogen-bond donors (Lipinski definition) is 1. The van der Waals surface area contributed by atoms with Crippen molar-refractivity contribution in [2.24, 2.45) is 0 Å². The zero-order chi connectivity index (χ0) is 17.2. The smallest absolute Gasteiger partial charge is 0.272 e. The van der Waals surface area contributed by atoms with Crippen molar-refractivity contribution in [1.29, 1.82) is 0 Å². The van der Waals surface area contributed by atoms with Crippen LogP contribution in [0.4, 0.5) is 0 Å². The Hall–Kier alpha value is -2.63. The molecule has 0 saturated carbocycles. The van der Waals surface area contributed by atoms with E-state index in [4.69, 9.17) is 0 Å². The van der Waals surface area contributed by atoms with Crippen molar-refractivity contribution in [1.82, 2.24) is 20.0 Å². The Balaban J connectivity index is 1.52. The van der Waals surface area contributed by atoms with Gasteiger partial charge in [0, 0.05) is 24.3 Å². The van der Waals surface area contributed by atoms with E-state index in [0.717, 1.165) is 62.1 Å². The summed E-state index contributed by atoms with van der Waals surface area (Å²) in [6.07, 6.45) is 4.93. The number of likely N-dealkylation sites (tertiary alicyclic amines) is 1. The maximum atomic E-state index is 12.6. The highest BCUT2D eigenvalue weighted by Gasteiger charge is 2.27. The summed E-state index contributed by atoms with van der Waals surface area (Å²) in [6, 6.07) is 9.87. The van der Waals surface area contributed by atoms with Gasteiger partial charge in [0.25, 0.3) is 5.91 Å². The fourth-order valence-corrected chi connectivity index (χ4v) is 3.72. The molecule has 1 aromatic heterocycles. The van der Waals surface area contributed by atoms with E-state index in [-0.39, 0.29) is 18.4 Å². The number of fused-ring (bicyclic) bond motifs is 1. The lowest BCUT2D eigenvalue weighted by Gasteiger charge is -2.15. The minimum absolute atomic E-state index is 0.00927. The third-order valence-corrected chi connectivity index (χ3v) is 5.00. The Morgan fingerprint density at radius 3 is 2.56 bits per heavy atom. The first-order valence-corrected chi connectivity index (χ1v) is 8.96. The normalized spacial score (nSPS) is 16.1. The van der Waals surface area contributed by atoms with Gasteiger partial charge in [0.2, 0.25) is 5.91 Å². The van der Waals surface area contributed by atoms with E-state index in [1.807, 2.05) is 39.9 Å². The van der Waals surface area contributed by atoms with Crippen LogP contribution in [-0.2, 0) is 17.6 Å². The molecule has 4 rings (SSSR count). The third kappa shape index (κ3) is 3.04. The van der Waals surface area contributed by atoms with Crippen LogP contribution >= 0.6 is 0 Å². The first-order valence-electron chi connectivity index (χ1n) is 8.96. The minimum Gasteiger partial charge on any atom is -0.342 e. The number of nitrogens with one attached hydrogen (secondary N) is 1. The van der Waals surface area contributed by atoms with Crippen LogP contribution in [0.15, 0.2) is 30.3 Å². The predicted octanol–water partition coefficient (Wildman–Crippen LogP) is 1.71. The van der Waals surface area contributed by atoms with Crippen LogP contribution in [0.3, 0.4) is 0 Å². The molecule has 1 saturated heterocycles. The Kier molecular flexibility index (Phi) is 4.26. The van der Waals surface area contributed by atoms with E-state index in [2.05, 4.69) is 10.4 Å². The maximum absolute atomic E-state index is 12.6. The Morgan fingerprint density at radius 1 is 1.04 bits per heavy atom. The van der Waals surface area contributed by atoms with Gasteiger partial charge in [-0.05, 0) is 44.2 Å². The molecule has 0 atom stereocenters. The van der Waals surface area contributed by atoms with Crippen LogP contribution in [0.2, 0.25) is 0 Å². The van der Waals surface area contributed by atoms with E-state index in [9.17, 15) is 9.59 Å². The molecule has 1 aliphatic carbocycles. The number of nitrogens with zero attached hydrogens (tertiary/aromatic N) is 3. The summed E-state index contributed by atoms with van der Waals surface area (Å²) in [7, 11) is 0. The van der Waals surface area contributed by atoms with Gasteiger partial charge < -0.3 is 10.2 Å². The van der Waals surface area contributed by atoms with E-state index in [1.54, 1.807) is 0 Å². The monoisotopic (exact) mass is 338 g/mol. The quantitative estimate of drug-likeness (QED) is 0.923. The molecule has 2 aliphatic rings. The summed E-state index contributed by atoms with van der Waals surface area (Å²) in [5.74, 6) is -0.259. The maximum Gasteiger partial charge on any atom is 0.272 e. The van der Waals surface area contributed by atoms with Crippen LogP contribution in [0, 0.1) is 0 Å². The molecule has 130 valence electrons. The van der Waals surface area contributed by atoms with Crippen molar-refractivity contribution >= 4 is 11.8 Å². The van der Waals surface area contributed by atoms with E-state index in [1.165, 1.54) is 0 Å². The number of aromatic nitrogens is 2. The highest BCUT2D eigenvalue weighted by atomic mass is 16.2. The molecule has 1 fully saturated rings. The van der Waals surface area contributed by atoms with Crippen molar-refractivity contribution in [3.8, 4) is 5.69 Å². The number of carbonyl (C=O) groups is 2. The zero-order valence-electron chi connectivity index (χ0n) is 14.2. The van der Waals surface area contributed by atoms with Crippen molar-refractivity contribution < 1.29 is 9.59 Å². The van der Waals surface area contributed by atoms with Gasteiger partial charge in [-0.2, -0.15) is 5.10 Å². The van der Waals surface area contributed by atoms with Crippen LogP contribution in [0.1, 0.15) is 41.0 Å². The number of para-hydroxylation sites is 1. The van der Waals surface area contributed by atoms with Gasteiger partial charge in [0.05, 0.1) is 12.2 Å². The summed E-state index contributed by atoms with van der Waals surface area (Å²) in [5.41, 5.74) is 3.57. The number of amides is 2. The standard InChI is InChI=1S/C19H22N4O2/c24-17(22-11-4-5-12-22)13-20-19(25)18-15-9-6-10-16(15)23(21-18)14-7-2-1-3-8-14/h1-3,7-8H,4-6,9-13H2,(H,20,25). The molecule has 2 heterocycles. The predicted molar refractivity (Wildman–Crippen MR) is 93.7 cm³/mol. The average molecular weight is 338 g/mol. The highest BCUT2D eigenvalue weighted by molar-refractivity contribution is 5.96. The summed E-state index contributed by atoms with van der Waals surface area (Å²) in [4.78, 5) is 26.6. The molecule has 25 heavy (non-hydrogen) atoms. The molecular formula is C19H22N4O2. The molecule has 6 nitrogen and oxygen atoms in total. The number of rotatable bonds is 4. The molecule has 1 aliphatic heterocycles. The lowest BCUT2D eigenvalue weighted by atomic mass is 10.2. The minimum atomic E-state index is -0.250. The topological polar surface area (TPSA) is 67.2 Å². The molecular weight excluding hydrogens is 316 g/mol. The van der Waals surface area contributed by atoms with Crippen molar-refractivity contribution in [3.05, 3.63) is 47.3 Å². The van der Waals surface area contributed by atoms with Crippen LogP contribution in [0.25, 0.3) is 5.69 Å². The molecule has 6 heteroatoms. The summed E-state index contributed by atoms with van der Waals surface area (Å²) < 4.78 is 1.87. The Bertz CT molecular complexity index is 791. The second-order valence-electron chi connectivity index (χ2n) is 6.65.